The summed E-state index contributed by atoms with van der Waals surface area (Å²) in [4.78, 5) is 15.1. The Bertz CT molecular complexity index is 783. The van der Waals surface area contributed by atoms with E-state index in [1.54, 1.807) is 0 Å². The zero-order valence-corrected chi connectivity index (χ0v) is 15.7. The minimum Gasteiger partial charge on any atom is -0.381 e. The highest BCUT2D eigenvalue weighted by atomic mass is 16.5. The van der Waals surface area contributed by atoms with Crippen LogP contribution in [0.2, 0.25) is 0 Å². The number of hydrogen-bond acceptors (Lipinski definition) is 3. The molecule has 2 saturated heterocycles. The number of benzene rings is 1. The van der Waals surface area contributed by atoms with E-state index in [0.29, 0.717) is 0 Å². The fourth-order valence-corrected chi connectivity index (χ4v) is 4.35. The Labute approximate surface area is 154 Å². The molecule has 138 valence electrons. The molecule has 1 amide bonds. The van der Waals surface area contributed by atoms with Crippen molar-refractivity contribution in [1.82, 2.24) is 14.7 Å². The third-order valence-electron chi connectivity index (χ3n) is 6.18. The lowest BCUT2D eigenvalue weighted by molar-refractivity contribution is -0.0229. The van der Waals surface area contributed by atoms with Crippen LogP contribution in [-0.4, -0.2) is 46.9 Å². The summed E-state index contributed by atoms with van der Waals surface area (Å²) in [5.74, 6) is 0.157. The number of carbonyl (C=O) groups excluding carboxylic acids is 1. The van der Waals surface area contributed by atoms with Crippen molar-refractivity contribution in [2.75, 3.05) is 26.3 Å². The first kappa shape index (κ1) is 17.3. The van der Waals surface area contributed by atoms with Crippen molar-refractivity contribution < 1.29 is 9.53 Å². The van der Waals surface area contributed by atoms with Crippen molar-refractivity contribution in [3.8, 4) is 11.1 Å². The fourth-order valence-electron chi connectivity index (χ4n) is 4.35. The quantitative estimate of drug-likeness (QED) is 0.831. The molecule has 2 aromatic rings. The molecule has 4 rings (SSSR count). The van der Waals surface area contributed by atoms with Gasteiger partial charge in [-0.3, -0.25) is 9.48 Å². The van der Waals surface area contributed by atoms with Crippen LogP contribution < -0.4 is 0 Å². The summed E-state index contributed by atoms with van der Waals surface area (Å²) in [5.41, 5.74) is 4.40. The van der Waals surface area contributed by atoms with E-state index in [4.69, 9.17) is 4.74 Å². The van der Waals surface area contributed by atoms with Crippen molar-refractivity contribution >= 4 is 5.91 Å². The molecule has 5 nitrogen and oxygen atoms in total. The van der Waals surface area contributed by atoms with Gasteiger partial charge in [0.1, 0.15) is 0 Å². The monoisotopic (exact) mass is 353 g/mol. The first-order valence-electron chi connectivity index (χ1n) is 9.54. The molecule has 3 heterocycles. The van der Waals surface area contributed by atoms with Crippen LogP contribution in [0.1, 0.15) is 41.7 Å². The van der Waals surface area contributed by atoms with Gasteiger partial charge in [0.15, 0.2) is 0 Å². The van der Waals surface area contributed by atoms with Crippen LogP contribution in [0.3, 0.4) is 0 Å². The van der Waals surface area contributed by atoms with E-state index in [1.807, 2.05) is 42.2 Å². The predicted molar refractivity (Wildman–Crippen MR) is 101 cm³/mol. The summed E-state index contributed by atoms with van der Waals surface area (Å²) in [6.07, 6.45) is 6.36. The van der Waals surface area contributed by atoms with E-state index in [0.717, 1.165) is 68.0 Å². The van der Waals surface area contributed by atoms with Crippen LogP contribution in [0.15, 0.2) is 30.5 Å². The Hall–Kier alpha value is -2.14. The molecule has 0 N–H and O–H groups in total. The average Bonchev–Trinajstić information content (AvgIpc) is 3.01. The average molecular weight is 353 g/mol. The highest BCUT2D eigenvalue weighted by Gasteiger charge is 2.38. The van der Waals surface area contributed by atoms with Gasteiger partial charge in [0.05, 0.1) is 6.20 Å². The number of piperidine rings is 1. The Morgan fingerprint density at radius 1 is 1.15 bits per heavy atom. The molecular formula is C21H27N3O2. The molecule has 0 unspecified atom stereocenters. The summed E-state index contributed by atoms with van der Waals surface area (Å²) in [5, 5.41) is 4.30. The Morgan fingerprint density at radius 2 is 1.88 bits per heavy atom. The van der Waals surface area contributed by atoms with E-state index in [-0.39, 0.29) is 11.3 Å². The van der Waals surface area contributed by atoms with Crippen molar-refractivity contribution in [2.24, 2.45) is 12.5 Å². The van der Waals surface area contributed by atoms with Gasteiger partial charge in [0.25, 0.3) is 5.91 Å². The van der Waals surface area contributed by atoms with Gasteiger partial charge in [-0.15, -0.1) is 0 Å². The van der Waals surface area contributed by atoms with E-state index < -0.39 is 0 Å². The SMILES string of the molecule is Cc1c(-c2ccc(C(=O)N3CCCC4(CCOCC4)C3)cc2)cnn1C. The molecule has 5 heteroatoms. The number of ether oxygens (including phenoxy) is 1. The second kappa shape index (κ2) is 6.88. The van der Waals surface area contributed by atoms with Crippen LogP contribution in [0.5, 0.6) is 0 Å². The molecule has 0 atom stereocenters. The molecule has 0 bridgehead atoms. The number of aromatic nitrogens is 2. The van der Waals surface area contributed by atoms with Gasteiger partial charge in [-0.05, 0) is 55.7 Å². The molecule has 2 fully saturated rings. The normalized spacial score (nSPS) is 19.7. The van der Waals surface area contributed by atoms with Gasteiger partial charge in [-0.1, -0.05) is 12.1 Å². The maximum absolute atomic E-state index is 13.0. The van der Waals surface area contributed by atoms with Crippen molar-refractivity contribution in [3.05, 3.63) is 41.7 Å². The van der Waals surface area contributed by atoms with E-state index in [9.17, 15) is 4.79 Å². The number of amides is 1. The molecule has 2 aliphatic rings. The van der Waals surface area contributed by atoms with E-state index in [2.05, 4.69) is 16.9 Å². The zero-order valence-electron chi connectivity index (χ0n) is 15.7. The first-order chi connectivity index (χ1) is 12.6. The van der Waals surface area contributed by atoms with Crippen molar-refractivity contribution in [2.45, 2.75) is 32.6 Å². The van der Waals surface area contributed by atoms with Gasteiger partial charge in [-0.25, -0.2) is 0 Å². The Kier molecular flexibility index (Phi) is 4.57. The maximum atomic E-state index is 13.0. The number of rotatable bonds is 2. The number of aryl methyl sites for hydroxylation is 1. The van der Waals surface area contributed by atoms with Gasteiger partial charge in [0, 0.05) is 50.2 Å². The van der Waals surface area contributed by atoms with Crippen LogP contribution in [-0.2, 0) is 11.8 Å². The van der Waals surface area contributed by atoms with Crippen LogP contribution in [0, 0.1) is 12.3 Å². The molecule has 0 aliphatic carbocycles. The van der Waals surface area contributed by atoms with Crippen LogP contribution in [0.25, 0.3) is 11.1 Å². The number of nitrogens with zero attached hydrogens (tertiary/aromatic N) is 3. The van der Waals surface area contributed by atoms with Crippen molar-refractivity contribution in [3.63, 3.8) is 0 Å². The number of carbonyl (C=O) groups is 1. The second-order valence-corrected chi connectivity index (χ2v) is 7.79. The summed E-state index contributed by atoms with van der Waals surface area (Å²) >= 11 is 0. The molecule has 0 saturated carbocycles. The number of likely N-dealkylation sites (tertiary alicyclic amines) is 1. The summed E-state index contributed by atoms with van der Waals surface area (Å²) in [6.45, 7) is 5.47. The van der Waals surface area contributed by atoms with Gasteiger partial charge in [-0.2, -0.15) is 5.10 Å². The summed E-state index contributed by atoms with van der Waals surface area (Å²) in [7, 11) is 1.94. The highest BCUT2D eigenvalue weighted by molar-refractivity contribution is 5.94. The van der Waals surface area contributed by atoms with Gasteiger partial charge in [0.2, 0.25) is 0 Å². The fraction of sp³-hybridized carbons (Fsp3) is 0.524. The minimum atomic E-state index is 0.157. The third kappa shape index (κ3) is 3.16. The number of hydrogen-bond donors (Lipinski definition) is 0. The molecule has 0 radical (unpaired) electrons. The summed E-state index contributed by atoms with van der Waals surface area (Å²) in [6, 6.07) is 7.97. The zero-order chi connectivity index (χ0) is 18.1. The molecule has 1 spiro atoms. The lowest BCUT2D eigenvalue weighted by Gasteiger charge is -2.45. The molecule has 1 aromatic carbocycles. The highest BCUT2D eigenvalue weighted by Crippen LogP contribution is 2.39. The first-order valence-corrected chi connectivity index (χ1v) is 9.54. The molecule has 26 heavy (non-hydrogen) atoms. The summed E-state index contributed by atoms with van der Waals surface area (Å²) < 4.78 is 7.40. The lowest BCUT2D eigenvalue weighted by atomic mass is 9.74. The van der Waals surface area contributed by atoms with Crippen LogP contribution >= 0.6 is 0 Å². The molecular weight excluding hydrogens is 326 g/mol. The largest absolute Gasteiger partial charge is 0.381 e. The topological polar surface area (TPSA) is 47.4 Å². The third-order valence-corrected chi connectivity index (χ3v) is 6.18. The standard InChI is InChI=1S/C21H27N3O2/c1-16-19(14-22-23(16)2)17-4-6-18(7-5-17)20(25)24-11-3-8-21(15-24)9-12-26-13-10-21/h4-7,14H,3,8-13,15H2,1-2H3. The van der Waals surface area contributed by atoms with Gasteiger partial charge < -0.3 is 9.64 Å². The lowest BCUT2D eigenvalue weighted by Crippen LogP contribution is -2.48. The van der Waals surface area contributed by atoms with Gasteiger partial charge >= 0.3 is 0 Å². The van der Waals surface area contributed by atoms with Crippen LogP contribution in [0.4, 0.5) is 0 Å². The second-order valence-electron chi connectivity index (χ2n) is 7.79. The minimum absolute atomic E-state index is 0.157. The Morgan fingerprint density at radius 3 is 2.54 bits per heavy atom. The van der Waals surface area contributed by atoms with Crippen molar-refractivity contribution in [1.29, 1.82) is 0 Å². The smallest absolute Gasteiger partial charge is 0.253 e. The Balaban J connectivity index is 1.50. The maximum Gasteiger partial charge on any atom is 0.253 e. The molecule has 2 aliphatic heterocycles. The van der Waals surface area contributed by atoms with E-state index in [1.165, 1.54) is 6.42 Å². The molecule has 1 aromatic heterocycles. The van der Waals surface area contributed by atoms with E-state index >= 15 is 0 Å². The predicted octanol–water partition coefficient (Wildman–Crippen LogP) is 3.43.